The van der Waals surface area contributed by atoms with Gasteiger partial charge in [-0.25, -0.2) is 14.6 Å². The summed E-state index contributed by atoms with van der Waals surface area (Å²) in [5.74, 6) is 1.01. The summed E-state index contributed by atoms with van der Waals surface area (Å²) in [5.41, 5.74) is 1.83. The van der Waals surface area contributed by atoms with Gasteiger partial charge in [0.2, 0.25) is 0 Å². The van der Waals surface area contributed by atoms with E-state index in [4.69, 9.17) is 4.52 Å². The average molecular weight is 438 g/mol. The summed E-state index contributed by atoms with van der Waals surface area (Å²) in [5, 5.41) is 16.0. The maximum Gasteiger partial charge on any atom is 0.273 e. The van der Waals surface area contributed by atoms with Gasteiger partial charge >= 0.3 is 0 Å². The Balaban J connectivity index is 1.44. The first-order chi connectivity index (χ1) is 15.0. The molecule has 0 saturated heterocycles. The average Bonchev–Trinajstić information content (AvgIpc) is 3.42. The van der Waals surface area contributed by atoms with E-state index in [1.165, 1.54) is 11.8 Å². The van der Waals surface area contributed by atoms with Crippen LogP contribution in [0.2, 0.25) is 0 Å². The van der Waals surface area contributed by atoms with E-state index in [0.717, 1.165) is 22.4 Å². The molecule has 0 spiro atoms. The van der Waals surface area contributed by atoms with Crippen molar-refractivity contribution in [3.05, 3.63) is 48.3 Å². The SMILES string of the molecule is CSc1nc(NC(C)C)c2cnn(CCNC(=O)c3cc(-c4ccccc4)on3)c2n1. The van der Waals surface area contributed by atoms with Crippen molar-refractivity contribution in [1.82, 2.24) is 30.2 Å². The summed E-state index contributed by atoms with van der Waals surface area (Å²) in [6.07, 6.45) is 3.68. The van der Waals surface area contributed by atoms with Crippen molar-refractivity contribution < 1.29 is 9.32 Å². The monoisotopic (exact) mass is 437 g/mol. The first-order valence-corrected chi connectivity index (χ1v) is 11.1. The van der Waals surface area contributed by atoms with Crippen molar-refractivity contribution in [2.24, 2.45) is 0 Å². The number of aromatic nitrogens is 5. The highest BCUT2D eigenvalue weighted by atomic mass is 32.2. The molecule has 2 N–H and O–H groups in total. The molecule has 0 atom stereocenters. The molecule has 10 heteroatoms. The van der Waals surface area contributed by atoms with Crippen LogP contribution in [0.4, 0.5) is 5.82 Å². The molecule has 0 radical (unpaired) electrons. The van der Waals surface area contributed by atoms with Crippen LogP contribution in [0.15, 0.2) is 52.3 Å². The second-order valence-corrected chi connectivity index (χ2v) is 7.93. The number of anilines is 1. The van der Waals surface area contributed by atoms with E-state index >= 15 is 0 Å². The minimum absolute atomic E-state index is 0.235. The molecule has 3 heterocycles. The van der Waals surface area contributed by atoms with Gasteiger partial charge in [-0.05, 0) is 20.1 Å². The van der Waals surface area contributed by atoms with Gasteiger partial charge in [-0.15, -0.1) is 0 Å². The number of carbonyl (C=O) groups is 1. The Morgan fingerprint density at radius 1 is 1.23 bits per heavy atom. The highest BCUT2D eigenvalue weighted by Crippen LogP contribution is 2.24. The molecule has 0 bridgehead atoms. The van der Waals surface area contributed by atoms with Crippen molar-refractivity contribution in [1.29, 1.82) is 0 Å². The van der Waals surface area contributed by atoms with E-state index < -0.39 is 0 Å². The third-order valence-corrected chi connectivity index (χ3v) is 5.04. The van der Waals surface area contributed by atoms with Gasteiger partial charge in [0.25, 0.3) is 5.91 Å². The Morgan fingerprint density at radius 2 is 2.03 bits per heavy atom. The Hall–Kier alpha value is -3.40. The van der Waals surface area contributed by atoms with Crippen LogP contribution in [0.3, 0.4) is 0 Å². The van der Waals surface area contributed by atoms with Crippen LogP contribution in [0.1, 0.15) is 24.3 Å². The van der Waals surface area contributed by atoms with Gasteiger partial charge in [0, 0.05) is 24.2 Å². The minimum atomic E-state index is -0.302. The number of nitrogens with zero attached hydrogens (tertiary/aromatic N) is 5. The lowest BCUT2D eigenvalue weighted by molar-refractivity contribution is 0.0943. The number of hydrogen-bond acceptors (Lipinski definition) is 8. The number of nitrogens with one attached hydrogen (secondary N) is 2. The zero-order chi connectivity index (χ0) is 21.8. The van der Waals surface area contributed by atoms with E-state index in [2.05, 4.69) is 44.7 Å². The molecular weight excluding hydrogens is 414 g/mol. The van der Waals surface area contributed by atoms with Gasteiger partial charge in [0.05, 0.1) is 18.1 Å². The predicted octanol–water partition coefficient (Wildman–Crippen LogP) is 3.45. The van der Waals surface area contributed by atoms with Gasteiger partial charge in [-0.2, -0.15) is 5.10 Å². The van der Waals surface area contributed by atoms with Crippen LogP contribution in [0.25, 0.3) is 22.4 Å². The fourth-order valence-electron chi connectivity index (χ4n) is 3.06. The fourth-order valence-corrected chi connectivity index (χ4v) is 3.42. The fraction of sp³-hybridized carbons (Fsp3) is 0.286. The standard InChI is InChI=1S/C21H23N7O2S/c1-13(2)24-18-15-12-23-28(19(15)26-21(25-18)31-3)10-9-22-20(29)16-11-17(30-27-16)14-7-5-4-6-8-14/h4-8,11-13H,9-10H2,1-3H3,(H,22,29)(H,24,25,26). The van der Waals surface area contributed by atoms with Gasteiger partial charge in [-0.3, -0.25) is 4.79 Å². The van der Waals surface area contributed by atoms with Gasteiger partial charge < -0.3 is 15.2 Å². The van der Waals surface area contributed by atoms with E-state index in [-0.39, 0.29) is 17.6 Å². The number of amides is 1. The van der Waals surface area contributed by atoms with Crippen molar-refractivity contribution in [3.63, 3.8) is 0 Å². The molecule has 4 rings (SSSR count). The van der Waals surface area contributed by atoms with Gasteiger partial charge in [0.1, 0.15) is 5.82 Å². The molecule has 0 aliphatic carbocycles. The lowest BCUT2D eigenvalue weighted by Crippen LogP contribution is -2.27. The summed E-state index contributed by atoms with van der Waals surface area (Å²) in [6, 6.07) is 11.4. The summed E-state index contributed by atoms with van der Waals surface area (Å²) in [7, 11) is 0. The summed E-state index contributed by atoms with van der Waals surface area (Å²) < 4.78 is 7.06. The molecule has 31 heavy (non-hydrogen) atoms. The Kier molecular flexibility index (Phi) is 6.17. The molecule has 4 aromatic rings. The smallest absolute Gasteiger partial charge is 0.273 e. The zero-order valence-electron chi connectivity index (χ0n) is 17.5. The molecule has 3 aromatic heterocycles. The summed E-state index contributed by atoms with van der Waals surface area (Å²) in [4.78, 5) is 21.6. The van der Waals surface area contributed by atoms with Crippen molar-refractivity contribution in [2.45, 2.75) is 31.6 Å². The first-order valence-electron chi connectivity index (χ1n) is 9.89. The predicted molar refractivity (Wildman–Crippen MR) is 120 cm³/mol. The molecule has 1 amide bonds. The lowest BCUT2D eigenvalue weighted by Gasteiger charge is -2.11. The Morgan fingerprint density at radius 3 is 2.77 bits per heavy atom. The van der Waals surface area contributed by atoms with Crippen LogP contribution in [-0.2, 0) is 6.54 Å². The van der Waals surface area contributed by atoms with E-state index in [9.17, 15) is 4.79 Å². The highest BCUT2D eigenvalue weighted by molar-refractivity contribution is 7.98. The Bertz CT molecular complexity index is 1190. The lowest BCUT2D eigenvalue weighted by atomic mass is 10.1. The molecule has 0 unspecified atom stereocenters. The summed E-state index contributed by atoms with van der Waals surface area (Å²) in [6.45, 7) is 4.94. The van der Waals surface area contributed by atoms with Crippen LogP contribution in [-0.4, -0.2) is 49.7 Å². The molecule has 0 aliphatic heterocycles. The van der Waals surface area contributed by atoms with Crippen molar-refractivity contribution >= 4 is 34.5 Å². The van der Waals surface area contributed by atoms with Gasteiger partial charge in [0.15, 0.2) is 22.3 Å². The van der Waals surface area contributed by atoms with Gasteiger partial charge in [-0.1, -0.05) is 47.3 Å². The second-order valence-electron chi connectivity index (χ2n) is 7.16. The maximum atomic E-state index is 12.5. The molecule has 0 aliphatic rings. The summed E-state index contributed by atoms with van der Waals surface area (Å²) >= 11 is 1.47. The normalized spacial score (nSPS) is 11.2. The molecule has 0 saturated carbocycles. The molecule has 9 nitrogen and oxygen atoms in total. The Labute approximate surface area is 183 Å². The number of benzene rings is 1. The molecule has 1 aromatic carbocycles. The first kappa shape index (κ1) is 20.9. The van der Waals surface area contributed by atoms with E-state index in [1.807, 2.05) is 36.6 Å². The molecule has 0 fully saturated rings. The van der Waals surface area contributed by atoms with E-state index in [0.29, 0.717) is 24.0 Å². The van der Waals surface area contributed by atoms with Crippen molar-refractivity contribution in [3.8, 4) is 11.3 Å². The third kappa shape index (κ3) is 4.69. The van der Waals surface area contributed by atoms with E-state index in [1.54, 1.807) is 16.9 Å². The third-order valence-electron chi connectivity index (χ3n) is 4.49. The van der Waals surface area contributed by atoms with Crippen LogP contribution >= 0.6 is 11.8 Å². The number of thioether (sulfide) groups is 1. The topological polar surface area (TPSA) is 111 Å². The second kappa shape index (κ2) is 9.17. The maximum absolute atomic E-state index is 12.5. The number of carbonyl (C=O) groups excluding carboxylic acids is 1. The quantitative estimate of drug-likeness (QED) is 0.318. The minimum Gasteiger partial charge on any atom is -0.367 e. The molecule has 160 valence electrons. The number of rotatable bonds is 8. The zero-order valence-corrected chi connectivity index (χ0v) is 18.3. The largest absolute Gasteiger partial charge is 0.367 e. The number of fused-ring (bicyclic) bond motifs is 1. The van der Waals surface area contributed by atoms with Crippen LogP contribution < -0.4 is 10.6 Å². The highest BCUT2D eigenvalue weighted by Gasteiger charge is 2.15. The van der Waals surface area contributed by atoms with Crippen LogP contribution in [0, 0.1) is 0 Å². The van der Waals surface area contributed by atoms with Crippen LogP contribution in [0.5, 0.6) is 0 Å². The van der Waals surface area contributed by atoms with Crippen molar-refractivity contribution in [2.75, 3.05) is 18.1 Å². The molecular formula is C21H23N7O2S. The number of hydrogen-bond donors (Lipinski definition) is 2.